The van der Waals surface area contributed by atoms with E-state index in [4.69, 9.17) is 10.3 Å². The Kier molecular flexibility index (Phi) is 5.31. The lowest BCUT2D eigenvalue weighted by Gasteiger charge is -2.20. The van der Waals surface area contributed by atoms with Gasteiger partial charge in [-0.2, -0.15) is 8.42 Å². The zero-order chi connectivity index (χ0) is 14.5. The molecule has 0 aliphatic rings. The van der Waals surface area contributed by atoms with E-state index >= 15 is 0 Å². The molecule has 0 aromatic heterocycles. The number of primary amides is 1. The third-order valence-electron chi connectivity index (χ3n) is 2.65. The van der Waals surface area contributed by atoms with Gasteiger partial charge in [-0.3, -0.25) is 9.45 Å². The smallest absolute Gasteiger partial charge is 0.319 e. The Morgan fingerprint density at radius 1 is 1.26 bits per heavy atom. The van der Waals surface area contributed by atoms with E-state index in [1.807, 2.05) is 19.1 Å². The van der Waals surface area contributed by atoms with Crippen molar-refractivity contribution in [2.75, 3.05) is 17.2 Å². The minimum atomic E-state index is -3.95. The Bertz CT molecular complexity index is 525. The van der Waals surface area contributed by atoms with Gasteiger partial charge in [0.25, 0.3) is 10.1 Å². The van der Waals surface area contributed by atoms with Crippen molar-refractivity contribution >= 4 is 21.8 Å². The van der Waals surface area contributed by atoms with E-state index < -0.39 is 16.1 Å². The summed E-state index contributed by atoms with van der Waals surface area (Å²) in [4.78, 5) is 12.7. The van der Waals surface area contributed by atoms with E-state index in [2.05, 4.69) is 0 Å². The highest BCUT2D eigenvalue weighted by Gasteiger charge is 2.12. The van der Waals surface area contributed by atoms with E-state index in [1.54, 1.807) is 12.1 Å². The molecule has 0 aliphatic heterocycles. The first-order valence-electron chi connectivity index (χ1n) is 5.88. The highest BCUT2D eigenvalue weighted by molar-refractivity contribution is 7.85. The average molecular weight is 286 g/mol. The topological polar surface area (TPSA) is 101 Å². The van der Waals surface area contributed by atoms with Gasteiger partial charge in [0, 0.05) is 12.2 Å². The monoisotopic (exact) mass is 286 g/mol. The summed E-state index contributed by atoms with van der Waals surface area (Å²) in [5, 5.41) is 0. The molecule has 0 saturated carbocycles. The summed E-state index contributed by atoms with van der Waals surface area (Å²) < 4.78 is 29.7. The number of benzene rings is 1. The van der Waals surface area contributed by atoms with Gasteiger partial charge in [0.1, 0.15) is 0 Å². The molecular formula is C12H18N2O4S. The highest BCUT2D eigenvalue weighted by Crippen LogP contribution is 2.15. The standard InChI is InChI=1S/C12H18N2O4S/c1-10-4-6-11(7-5-10)14(12(13)15)8-2-3-9-19(16,17)18/h4-7H,2-3,8-9H2,1H3,(H2,13,15)(H,16,17,18). The number of amides is 2. The quantitative estimate of drug-likeness (QED) is 0.612. The van der Waals surface area contributed by atoms with Gasteiger partial charge in [0.05, 0.1) is 5.75 Å². The van der Waals surface area contributed by atoms with Crippen molar-refractivity contribution in [3.63, 3.8) is 0 Å². The lowest BCUT2D eigenvalue weighted by molar-refractivity contribution is 0.254. The molecule has 1 rings (SSSR count). The number of anilines is 1. The molecule has 0 spiro atoms. The number of urea groups is 1. The number of aryl methyl sites for hydroxylation is 1. The summed E-state index contributed by atoms with van der Waals surface area (Å²) in [6, 6.07) is 6.70. The fourth-order valence-corrected chi connectivity index (χ4v) is 2.21. The molecule has 3 N–H and O–H groups in total. The first-order chi connectivity index (χ1) is 8.79. The van der Waals surface area contributed by atoms with Crippen LogP contribution < -0.4 is 10.6 Å². The van der Waals surface area contributed by atoms with Crippen LogP contribution in [0.25, 0.3) is 0 Å². The minimum absolute atomic E-state index is 0.272. The maximum atomic E-state index is 11.4. The van der Waals surface area contributed by atoms with E-state index in [9.17, 15) is 13.2 Å². The summed E-state index contributed by atoms with van der Waals surface area (Å²) in [5.74, 6) is -0.312. The molecule has 2 amide bonds. The van der Waals surface area contributed by atoms with Gasteiger partial charge in [-0.1, -0.05) is 17.7 Å². The summed E-state index contributed by atoms with van der Waals surface area (Å²) in [6.45, 7) is 2.25. The molecule has 0 atom stereocenters. The summed E-state index contributed by atoms with van der Waals surface area (Å²) in [7, 11) is -3.95. The molecule has 0 aliphatic carbocycles. The normalized spacial score (nSPS) is 11.3. The molecular weight excluding hydrogens is 268 g/mol. The van der Waals surface area contributed by atoms with Crippen LogP contribution in [-0.2, 0) is 10.1 Å². The number of hydrogen-bond acceptors (Lipinski definition) is 3. The molecule has 0 bridgehead atoms. The zero-order valence-electron chi connectivity index (χ0n) is 10.7. The Morgan fingerprint density at radius 3 is 2.32 bits per heavy atom. The molecule has 0 radical (unpaired) electrons. The van der Waals surface area contributed by atoms with Crippen LogP contribution in [0.1, 0.15) is 18.4 Å². The number of carbonyl (C=O) groups excluding carboxylic acids is 1. The first kappa shape index (κ1) is 15.5. The van der Waals surface area contributed by atoms with Crippen molar-refractivity contribution < 1.29 is 17.8 Å². The van der Waals surface area contributed by atoms with Crippen molar-refractivity contribution in [1.29, 1.82) is 0 Å². The summed E-state index contributed by atoms with van der Waals surface area (Å²) in [5.41, 5.74) is 7.03. The molecule has 6 nitrogen and oxygen atoms in total. The number of unbranched alkanes of at least 4 members (excludes halogenated alkanes) is 1. The second-order valence-electron chi connectivity index (χ2n) is 4.32. The lowest BCUT2D eigenvalue weighted by Crippen LogP contribution is -2.36. The maximum Gasteiger partial charge on any atom is 0.319 e. The van der Waals surface area contributed by atoms with Crippen LogP contribution >= 0.6 is 0 Å². The van der Waals surface area contributed by atoms with Crippen LogP contribution in [0.15, 0.2) is 24.3 Å². The molecule has 19 heavy (non-hydrogen) atoms. The number of carbonyl (C=O) groups is 1. The van der Waals surface area contributed by atoms with Gasteiger partial charge in [0.15, 0.2) is 0 Å². The van der Waals surface area contributed by atoms with Gasteiger partial charge >= 0.3 is 6.03 Å². The SMILES string of the molecule is Cc1ccc(N(CCCCS(=O)(=O)O)C(N)=O)cc1. The lowest BCUT2D eigenvalue weighted by atomic mass is 10.2. The summed E-state index contributed by atoms with van der Waals surface area (Å²) in [6.07, 6.45) is 0.713. The molecule has 106 valence electrons. The van der Waals surface area contributed by atoms with Crippen LogP contribution in [0.2, 0.25) is 0 Å². The fourth-order valence-electron chi connectivity index (χ4n) is 1.65. The van der Waals surface area contributed by atoms with Gasteiger partial charge < -0.3 is 5.73 Å². The largest absolute Gasteiger partial charge is 0.351 e. The van der Waals surface area contributed by atoms with Crippen molar-refractivity contribution in [3.05, 3.63) is 29.8 Å². The molecule has 1 aromatic carbocycles. The Labute approximate surface area is 113 Å². The third-order valence-corrected chi connectivity index (χ3v) is 3.45. The molecule has 0 heterocycles. The fraction of sp³-hybridized carbons (Fsp3) is 0.417. The highest BCUT2D eigenvalue weighted by atomic mass is 32.2. The van der Waals surface area contributed by atoms with Crippen molar-refractivity contribution in [2.45, 2.75) is 19.8 Å². The first-order valence-corrected chi connectivity index (χ1v) is 7.49. The molecule has 1 aromatic rings. The third kappa shape index (κ3) is 5.71. The van der Waals surface area contributed by atoms with Crippen LogP contribution in [-0.4, -0.2) is 31.3 Å². The Balaban J connectivity index is 2.59. The maximum absolute atomic E-state index is 11.4. The number of nitrogens with two attached hydrogens (primary N) is 1. The average Bonchev–Trinajstić information content (AvgIpc) is 2.29. The van der Waals surface area contributed by atoms with Crippen molar-refractivity contribution in [3.8, 4) is 0 Å². The summed E-state index contributed by atoms with van der Waals surface area (Å²) >= 11 is 0. The number of hydrogen-bond donors (Lipinski definition) is 2. The van der Waals surface area contributed by atoms with Gasteiger partial charge in [-0.25, -0.2) is 4.79 Å². The second-order valence-corrected chi connectivity index (χ2v) is 5.89. The minimum Gasteiger partial charge on any atom is -0.351 e. The number of rotatable bonds is 6. The predicted molar refractivity (Wildman–Crippen MR) is 73.8 cm³/mol. The van der Waals surface area contributed by atoms with Crippen LogP contribution in [0.4, 0.5) is 10.5 Å². The van der Waals surface area contributed by atoms with Gasteiger partial charge in [-0.05, 0) is 31.9 Å². The van der Waals surface area contributed by atoms with Gasteiger partial charge in [-0.15, -0.1) is 0 Å². The Hall–Kier alpha value is -1.60. The Morgan fingerprint density at radius 2 is 1.84 bits per heavy atom. The predicted octanol–water partition coefficient (Wildman–Crippen LogP) is 1.55. The van der Waals surface area contributed by atoms with E-state index in [0.29, 0.717) is 18.7 Å². The zero-order valence-corrected chi connectivity index (χ0v) is 11.6. The van der Waals surface area contributed by atoms with Crippen LogP contribution in [0, 0.1) is 6.92 Å². The van der Waals surface area contributed by atoms with E-state index in [0.717, 1.165) is 5.56 Å². The molecule has 0 fully saturated rings. The molecule has 0 unspecified atom stereocenters. The van der Waals surface area contributed by atoms with E-state index in [-0.39, 0.29) is 12.2 Å². The van der Waals surface area contributed by atoms with Crippen molar-refractivity contribution in [2.24, 2.45) is 5.73 Å². The van der Waals surface area contributed by atoms with Gasteiger partial charge in [0.2, 0.25) is 0 Å². The van der Waals surface area contributed by atoms with Crippen LogP contribution in [0.3, 0.4) is 0 Å². The van der Waals surface area contributed by atoms with E-state index in [1.165, 1.54) is 4.90 Å². The second kappa shape index (κ2) is 6.53. The molecule has 0 saturated heterocycles. The van der Waals surface area contributed by atoms with Crippen molar-refractivity contribution in [1.82, 2.24) is 0 Å². The molecule has 7 heteroatoms. The van der Waals surface area contributed by atoms with Crippen LogP contribution in [0.5, 0.6) is 0 Å². The number of nitrogens with zero attached hydrogens (tertiary/aromatic N) is 1.